The van der Waals surface area contributed by atoms with Crippen molar-refractivity contribution in [1.29, 1.82) is 0 Å². The van der Waals surface area contributed by atoms with Crippen molar-refractivity contribution < 1.29 is 4.79 Å². The molecule has 0 aliphatic carbocycles. The Morgan fingerprint density at radius 3 is 2.53 bits per heavy atom. The molecule has 4 nitrogen and oxygen atoms in total. The Bertz CT molecular complexity index is 222. The van der Waals surface area contributed by atoms with Crippen LogP contribution in [-0.4, -0.2) is 43.5 Å². The third kappa shape index (κ3) is 3.80. The average Bonchev–Trinajstić information content (AvgIpc) is 2.19. The van der Waals surface area contributed by atoms with Crippen LogP contribution in [0.4, 0.5) is 0 Å². The van der Waals surface area contributed by atoms with Gasteiger partial charge in [-0.25, -0.2) is 0 Å². The van der Waals surface area contributed by atoms with Gasteiger partial charge < -0.3 is 16.0 Å². The van der Waals surface area contributed by atoms with Crippen LogP contribution in [0, 0.1) is 5.41 Å². The predicted octanol–water partition coefficient (Wildman–Crippen LogP) is 0.182. The van der Waals surface area contributed by atoms with Crippen molar-refractivity contribution in [2.45, 2.75) is 32.7 Å². The van der Waals surface area contributed by atoms with Gasteiger partial charge in [-0.3, -0.25) is 4.79 Å². The third-order valence-corrected chi connectivity index (χ3v) is 3.46. The first-order valence-corrected chi connectivity index (χ1v) is 5.64. The summed E-state index contributed by atoms with van der Waals surface area (Å²) in [5.74, 6) is -0.272. The van der Waals surface area contributed by atoms with Crippen LogP contribution >= 0.6 is 0 Å². The lowest BCUT2D eigenvalue weighted by Gasteiger charge is -2.38. The summed E-state index contributed by atoms with van der Waals surface area (Å²) in [6.45, 7) is 7.26. The molecule has 1 aliphatic rings. The molecule has 3 N–H and O–H groups in total. The molecule has 1 rings (SSSR count). The normalized spacial score (nSPS) is 23.7. The van der Waals surface area contributed by atoms with E-state index in [1.54, 1.807) is 0 Å². The molecule has 0 aromatic rings. The number of amides is 1. The standard InChI is InChI=1S/C11H23N3O/c1-9(10(12)15)13-8-11(2)4-6-14(3)7-5-11/h9,13H,4-8H2,1-3H3,(H2,12,15). The molecule has 0 spiro atoms. The maximum absolute atomic E-state index is 10.9. The van der Waals surface area contributed by atoms with Gasteiger partial charge in [0, 0.05) is 6.54 Å². The number of nitrogens with zero attached hydrogens (tertiary/aromatic N) is 1. The van der Waals surface area contributed by atoms with E-state index in [2.05, 4.69) is 24.2 Å². The van der Waals surface area contributed by atoms with Gasteiger partial charge in [0.05, 0.1) is 6.04 Å². The highest BCUT2D eigenvalue weighted by Crippen LogP contribution is 2.29. The number of hydrogen-bond acceptors (Lipinski definition) is 3. The van der Waals surface area contributed by atoms with Crippen LogP contribution in [0.2, 0.25) is 0 Å². The maximum atomic E-state index is 10.9. The molecule has 0 saturated carbocycles. The molecule has 1 atom stereocenters. The lowest BCUT2D eigenvalue weighted by Crippen LogP contribution is -2.47. The number of carbonyl (C=O) groups excluding carboxylic acids is 1. The molecule has 1 aliphatic heterocycles. The number of hydrogen-bond donors (Lipinski definition) is 2. The Labute approximate surface area is 92.2 Å². The molecule has 0 bridgehead atoms. The topological polar surface area (TPSA) is 58.4 Å². The second kappa shape index (κ2) is 4.94. The van der Waals surface area contributed by atoms with Crippen LogP contribution < -0.4 is 11.1 Å². The first kappa shape index (κ1) is 12.5. The molecule has 15 heavy (non-hydrogen) atoms. The first-order valence-electron chi connectivity index (χ1n) is 5.64. The largest absolute Gasteiger partial charge is 0.368 e. The molecule has 1 unspecified atom stereocenters. The highest BCUT2D eigenvalue weighted by atomic mass is 16.1. The highest BCUT2D eigenvalue weighted by Gasteiger charge is 2.29. The SMILES string of the molecule is CC(NCC1(C)CCN(C)CC1)C(N)=O. The van der Waals surface area contributed by atoms with Gasteiger partial charge in [0.1, 0.15) is 0 Å². The molecule has 1 amide bonds. The average molecular weight is 213 g/mol. The Hall–Kier alpha value is -0.610. The summed E-state index contributed by atoms with van der Waals surface area (Å²) in [7, 11) is 2.15. The fourth-order valence-electron chi connectivity index (χ4n) is 1.84. The van der Waals surface area contributed by atoms with Crippen LogP contribution in [0.25, 0.3) is 0 Å². The van der Waals surface area contributed by atoms with Gasteiger partial charge in [-0.1, -0.05) is 6.92 Å². The summed E-state index contributed by atoms with van der Waals surface area (Å²) >= 11 is 0. The molecule has 88 valence electrons. The number of rotatable bonds is 4. The summed E-state index contributed by atoms with van der Waals surface area (Å²) in [5, 5.41) is 3.21. The summed E-state index contributed by atoms with van der Waals surface area (Å²) in [4.78, 5) is 13.2. The minimum atomic E-state index is -0.272. The molecule has 1 fully saturated rings. The van der Waals surface area contributed by atoms with E-state index in [-0.39, 0.29) is 11.9 Å². The van der Waals surface area contributed by atoms with E-state index in [9.17, 15) is 4.79 Å². The predicted molar refractivity (Wildman–Crippen MR) is 61.5 cm³/mol. The van der Waals surface area contributed by atoms with E-state index in [1.165, 1.54) is 12.8 Å². The quantitative estimate of drug-likeness (QED) is 0.700. The van der Waals surface area contributed by atoms with Gasteiger partial charge in [-0.15, -0.1) is 0 Å². The van der Waals surface area contributed by atoms with E-state index in [0.29, 0.717) is 5.41 Å². The smallest absolute Gasteiger partial charge is 0.234 e. The number of nitrogens with one attached hydrogen (secondary N) is 1. The molecule has 1 saturated heterocycles. The minimum absolute atomic E-state index is 0.221. The van der Waals surface area contributed by atoms with Gasteiger partial charge in [0.15, 0.2) is 0 Å². The monoisotopic (exact) mass is 213 g/mol. The minimum Gasteiger partial charge on any atom is -0.368 e. The van der Waals surface area contributed by atoms with Crippen molar-refractivity contribution in [2.24, 2.45) is 11.1 Å². The van der Waals surface area contributed by atoms with Crippen LogP contribution in [-0.2, 0) is 4.79 Å². The molecule has 0 aromatic carbocycles. The zero-order chi connectivity index (χ0) is 11.5. The van der Waals surface area contributed by atoms with Crippen molar-refractivity contribution in [3.63, 3.8) is 0 Å². The lowest BCUT2D eigenvalue weighted by atomic mass is 9.80. The fourth-order valence-corrected chi connectivity index (χ4v) is 1.84. The first-order chi connectivity index (χ1) is 6.93. The second-order valence-electron chi connectivity index (χ2n) is 5.12. The number of carbonyl (C=O) groups is 1. The Balaban J connectivity index is 2.34. The molecular formula is C11H23N3O. The van der Waals surface area contributed by atoms with E-state index in [0.717, 1.165) is 19.6 Å². The maximum Gasteiger partial charge on any atom is 0.234 e. The van der Waals surface area contributed by atoms with E-state index in [4.69, 9.17) is 5.73 Å². The van der Waals surface area contributed by atoms with Gasteiger partial charge in [-0.2, -0.15) is 0 Å². The Morgan fingerprint density at radius 2 is 2.07 bits per heavy atom. The zero-order valence-corrected chi connectivity index (χ0v) is 10.0. The number of nitrogens with two attached hydrogens (primary N) is 1. The number of likely N-dealkylation sites (tertiary alicyclic amines) is 1. The van der Waals surface area contributed by atoms with Crippen LogP contribution in [0.1, 0.15) is 26.7 Å². The Kier molecular flexibility index (Phi) is 4.11. The molecule has 0 radical (unpaired) electrons. The highest BCUT2D eigenvalue weighted by molar-refractivity contribution is 5.79. The van der Waals surface area contributed by atoms with Crippen molar-refractivity contribution in [3.05, 3.63) is 0 Å². The molecule has 4 heteroatoms. The van der Waals surface area contributed by atoms with Crippen molar-refractivity contribution in [2.75, 3.05) is 26.7 Å². The summed E-state index contributed by atoms with van der Waals surface area (Å²) in [6, 6.07) is -0.221. The van der Waals surface area contributed by atoms with Gasteiger partial charge in [-0.05, 0) is 45.3 Å². The fraction of sp³-hybridized carbons (Fsp3) is 0.909. The summed E-state index contributed by atoms with van der Waals surface area (Å²) in [5.41, 5.74) is 5.52. The van der Waals surface area contributed by atoms with Gasteiger partial charge >= 0.3 is 0 Å². The van der Waals surface area contributed by atoms with Crippen molar-refractivity contribution in [3.8, 4) is 0 Å². The second-order valence-corrected chi connectivity index (χ2v) is 5.12. The van der Waals surface area contributed by atoms with E-state index in [1.807, 2.05) is 6.92 Å². The van der Waals surface area contributed by atoms with Crippen LogP contribution in [0.5, 0.6) is 0 Å². The zero-order valence-electron chi connectivity index (χ0n) is 10.0. The van der Waals surface area contributed by atoms with Gasteiger partial charge in [0.2, 0.25) is 5.91 Å². The van der Waals surface area contributed by atoms with Gasteiger partial charge in [0.25, 0.3) is 0 Å². The van der Waals surface area contributed by atoms with Crippen LogP contribution in [0.3, 0.4) is 0 Å². The van der Waals surface area contributed by atoms with Crippen molar-refractivity contribution in [1.82, 2.24) is 10.2 Å². The molecule has 1 heterocycles. The molecule has 0 aromatic heterocycles. The third-order valence-electron chi connectivity index (χ3n) is 3.46. The summed E-state index contributed by atoms with van der Waals surface area (Å²) < 4.78 is 0. The number of primary amides is 1. The summed E-state index contributed by atoms with van der Waals surface area (Å²) in [6.07, 6.45) is 2.37. The number of piperidine rings is 1. The Morgan fingerprint density at radius 1 is 1.53 bits per heavy atom. The van der Waals surface area contributed by atoms with Crippen LogP contribution in [0.15, 0.2) is 0 Å². The van der Waals surface area contributed by atoms with Crippen molar-refractivity contribution >= 4 is 5.91 Å². The molecular weight excluding hydrogens is 190 g/mol. The van der Waals surface area contributed by atoms with E-state index >= 15 is 0 Å². The lowest BCUT2D eigenvalue weighted by molar-refractivity contribution is -0.119. The van der Waals surface area contributed by atoms with E-state index < -0.39 is 0 Å².